The van der Waals surface area contributed by atoms with Gasteiger partial charge in [-0.3, -0.25) is 4.79 Å². The SMILES string of the molecule is O=C(NCc1cnn(-c2ccc(Cl)cc2)c1)c1ccc(S(=O)(=O)NC2CC2)cc1. The van der Waals surface area contributed by atoms with Gasteiger partial charge in [-0.1, -0.05) is 11.6 Å². The fourth-order valence-electron chi connectivity index (χ4n) is 2.74. The first kappa shape index (κ1) is 19.6. The van der Waals surface area contributed by atoms with E-state index in [2.05, 4.69) is 15.1 Å². The average Bonchev–Trinajstić information content (AvgIpc) is 3.39. The number of sulfonamides is 1. The lowest BCUT2D eigenvalue weighted by molar-refractivity contribution is 0.0951. The van der Waals surface area contributed by atoms with Crippen molar-refractivity contribution in [1.29, 1.82) is 0 Å². The molecule has 0 saturated heterocycles. The smallest absolute Gasteiger partial charge is 0.251 e. The van der Waals surface area contributed by atoms with Crippen LogP contribution in [0.25, 0.3) is 5.69 Å². The van der Waals surface area contributed by atoms with E-state index in [1.165, 1.54) is 24.3 Å². The van der Waals surface area contributed by atoms with Crippen LogP contribution in [0, 0.1) is 0 Å². The number of nitrogens with one attached hydrogen (secondary N) is 2. The second kappa shape index (κ2) is 7.98. The van der Waals surface area contributed by atoms with Crippen molar-refractivity contribution in [2.45, 2.75) is 30.3 Å². The van der Waals surface area contributed by atoms with Crippen LogP contribution >= 0.6 is 11.6 Å². The summed E-state index contributed by atoms with van der Waals surface area (Å²) in [7, 11) is -3.52. The average molecular weight is 431 g/mol. The molecule has 29 heavy (non-hydrogen) atoms. The van der Waals surface area contributed by atoms with Crippen LogP contribution < -0.4 is 10.0 Å². The molecule has 1 aliphatic carbocycles. The molecule has 1 fully saturated rings. The van der Waals surface area contributed by atoms with Gasteiger partial charge in [-0.25, -0.2) is 17.8 Å². The molecule has 4 rings (SSSR count). The highest BCUT2D eigenvalue weighted by molar-refractivity contribution is 7.89. The summed E-state index contributed by atoms with van der Waals surface area (Å²) in [5.74, 6) is -0.289. The first-order valence-electron chi connectivity index (χ1n) is 9.11. The number of carbonyl (C=O) groups is 1. The number of aromatic nitrogens is 2. The van der Waals surface area contributed by atoms with Gasteiger partial charge in [0.2, 0.25) is 10.0 Å². The van der Waals surface area contributed by atoms with E-state index in [4.69, 9.17) is 11.6 Å². The minimum Gasteiger partial charge on any atom is -0.348 e. The van der Waals surface area contributed by atoms with E-state index in [9.17, 15) is 13.2 Å². The van der Waals surface area contributed by atoms with Crippen LogP contribution in [0.5, 0.6) is 0 Å². The Kier molecular flexibility index (Phi) is 5.40. The number of carbonyl (C=O) groups excluding carboxylic acids is 1. The van der Waals surface area contributed by atoms with Gasteiger partial charge in [0.15, 0.2) is 0 Å². The molecule has 7 nitrogen and oxygen atoms in total. The van der Waals surface area contributed by atoms with Crippen LogP contribution in [0.4, 0.5) is 0 Å². The Morgan fingerprint density at radius 3 is 2.45 bits per heavy atom. The second-order valence-electron chi connectivity index (χ2n) is 6.87. The minimum absolute atomic E-state index is 0.0387. The summed E-state index contributed by atoms with van der Waals surface area (Å²) in [5.41, 5.74) is 2.09. The van der Waals surface area contributed by atoms with E-state index in [-0.39, 0.29) is 16.8 Å². The van der Waals surface area contributed by atoms with Gasteiger partial charge in [0.05, 0.1) is 16.8 Å². The minimum atomic E-state index is -3.52. The van der Waals surface area contributed by atoms with Crippen LogP contribution in [0.2, 0.25) is 5.02 Å². The maximum atomic E-state index is 12.4. The predicted octanol–water partition coefficient (Wildman–Crippen LogP) is 2.90. The van der Waals surface area contributed by atoms with Crippen molar-refractivity contribution >= 4 is 27.5 Å². The van der Waals surface area contributed by atoms with E-state index in [0.29, 0.717) is 17.1 Å². The summed E-state index contributed by atoms with van der Waals surface area (Å²) >= 11 is 5.89. The topological polar surface area (TPSA) is 93.1 Å². The molecule has 150 valence electrons. The molecule has 3 aromatic rings. The second-order valence-corrected chi connectivity index (χ2v) is 9.02. The number of benzene rings is 2. The van der Waals surface area contributed by atoms with Crippen LogP contribution in [-0.2, 0) is 16.6 Å². The molecule has 1 aliphatic rings. The standard InChI is InChI=1S/C20H19ClN4O3S/c21-16-3-7-18(8-4-16)25-13-14(12-23-25)11-22-20(26)15-1-9-19(10-2-15)29(27,28)24-17-5-6-17/h1-4,7-10,12-13,17,24H,5-6,11H2,(H,22,26). The van der Waals surface area contributed by atoms with Gasteiger partial charge in [-0.2, -0.15) is 5.10 Å². The van der Waals surface area contributed by atoms with Gasteiger partial charge < -0.3 is 5.32 Å². The third kappa shape index (κ3) is 4.84. The Bertz CT molecular complexity index is 1120. The van der Waals surface area contributed by atoms with Gasteiger partial charge in [0, 0.05) is 34.9 Å². The van der Waals surface area contributed by atoms with Crippen molar-refractivity contribution in [2.24, 2.45) is 0 Å². The lowest BCUT2D eigenvalue weighted by atomic mass is 10.2. The highest BCUT2D eigenvalue weighted by Gasteiger charge is 2.27. The van der Waals surface area contributed by atoms with Crippen molar-refractivity contribution in [3.05, 3.63) is 77.1 Å². The Balaban J connectivity index is 1.36. The molecule has 0 unspecified atom stereocenters. The number of hydrogen-bond acceptors (Lipinski definition) is 4. The molecular formula is C20H19ClN4O3S. The van der Waals surface area contributed by atoms with Crippen LogP contribution in [0.15, 0.2) is 65.8 Å². The Labute approximate surface area is 173 Å². The molecule has 0 spiro atoms. The van der Waals surface area contributed by atoms with Crippen molar-refractivity contribution in [3.8, 4) is 5.69 Å². The van der Waals surface area contributed by atoms with Crippen LogP contribution in [-0.4, -0.2) is 30.1 Å². The largest absolute Gasteiger partial charge is 0.348 e. The molecule has 0 radical (unpaired) electrons. The third-order valence-electron chi connectivity index (χ3n) is 4.51. The molecule has 1 heterocycles. The normalized spacial score (nSPS) is 14.0. The molecule has 0 atom stereocenters. The first-order valence-corrected chi connectivity index (χ1v) is 11.0. The number of hydrogen-bond donors (Lipinski definition) is 2. The first-order chi connectivity index (χ1) is 13.9. The quantitative estimate of drug-likeness (QED) is 0.602. The monoisotopic (exact) mass is 430 g/mol. The molecule has 9 heteroatoms. The van der Waals surface area contributed by atoms with E-state index in [0.717, 1.165) is 24.1 Å². The van der Waals surface area contributed by atoms with Crippen molar-refractivity contribution in [3.63, 3.8) is 0 Å². The predicted molar refractivity (Wildman–Crippen MR) is 110 cm³/mol. The Hall–Kier alpha value is -2.68. The summed E-state index contributed by atoms with van der Waals surface area (Å²) in [6.45, 7) is 0.301. The third-order valence-corrected chi connectivity index (χ3v) is 6.29. The molecule has 2 N–H and O–H groups in total. The van der Waals surface area contributed by atoms with Gasteiger partial charge >= 0.3 is 0 Å². The van der Waals surface area contributed by atoms with Gasteiger partial charge in [-0.15, -0.1) is 0 Å². The maximum Gasteiger partial charge on any atom is 0.251 e. The molecule has 0 bridgehead atoms. The number of nitrogens with zero attached hydrogens (tertiary/aromatic N) is 2. The summed E-state index contributed by atoms with van der Waals surface area (Å²) in [5, 5.41) is 7.74. The lowest BCUT2D eigenvalue weighted by Gasteiger charge is -2.07. The zero-order valence-electron chi connectivity index (χ0n) is 15.4. The van der Waals surface area contributed by atoms with Gasteiger partial charge in [0.1, 0.15) is 0 Å². The van der Waals surface area contributed by atoms with Crippen molar-refractivity contribution < 1.29 is 13.2 Å². The van der Waals surface area contributed by atoms with Crippen molar-refractivity contribution in [1.82, 2.24) is 19.8 Å². The van der Waals surface area contributed by atoms with Crippen molar-refractivity contribution in [2.75, 3.05) is 0 Å². The molecule has 2 aromatic carbocycles. The Morgan fingerprint density at radius 2 is 1.79 bits per heavy atom. The molecule has 1 aromatic heterocycles. The number of amides is 1. The molecular weight excluding hydrogens is 412 g/mol. The van der Waals surface area contributed by atoms with Gasteiger partial charge in [0.25, 0.3) is 5.91 Å². The zero-order chi connectivity index (χ0) is 20.4. The van der Waals surface area contributed by atoms with Crippen LogP contribution in [0.3, 0.4) is 0 Å². The highest BCUT2D eigenvalue weighted by Crippen LogP contribution is 2.22. The van der Waals surface area contributed by atoms with E-state index in [1.54, 1.807) is 23.0 Å². The summed E-state index contributed by atoms with van der Waals surface area (Å²) < 4.78 is 28.7. The summed E-state index contributed by atoms with van der Waals surface area (Å²) in [6.07, 6.45) is 5.24. The summed E-state index contributed by atoms with van der Waals surface area (Å²) in [6, 6.07) is 13.2. The fourth-order valence-corrected chi connectivity index (χ4v) is 4.18. The van der Waals surface area contributed by atoms with Gasteiger partial charge in [-0.05, 0) is 61.4 Å². The van der Waals surface area contributed by atoms with E-state index >= 15 is 0 Å². The number of rotatable bonds is 7. The fraction of sp³-hybridized carbons (Fsp3) is 0.200. The van der Waals surface area contributed by atoms with Crippen LogP contribution in [0.1, 0.15) is 28.8 Å². The maximum absolute atomic E-state index is 12.4. The molecule has 1 saturated carbocycles. The number of halogens is 1. The summed E-state index contributed by atoms with van der Waals surface area (Å²) in [4.78, 5) is 12.5. The zero-order valence-corrected chi connectivity index (χ0v) is 16.9. The lowest BCUT2D eigenvalue weighted by Crippen LogP contribution is -2.26. The highest BCUT2D eigenvalue weighted by atomic mass is 35.5. The van der Waals surface area contributed by atoms with E-state index < -0.39 is 10.0 Å². The van der Waals surface area contributed by atoms with E-state index in [1.807, 2.05) is 18.3 Å². The Morgan fingerprint density at radius 1 is 1.10 bits per heavy atom. The molecule has 0 aliphatic heterocycles. The molecule has 1 amide bonds.